The summed E-state index contributed by atoms with van der Waals surface area (Å²) in [4.78, 5) is 3.76. The summed E-state index contributed by atoms with van der Waals surface area (Å²) in [5.41, 5.74) is -1.30. The van der Waals surface area contributed by atoms with E-state index in [1.165, 1.54) is 24.6 Å². The van der Waals surface area contributed by atoms with Crippen LogP contribution in [0.3, 0.4) is 0 Å². The molecule has 0 spiro atoms. The first-order valence-corrected chi connectivity index (χ1v) is 14.6. The molecule has 4 rings (SSSR count). The lowest BCUT2D eigenvalue weighted by molar-refractivity contribution is -0.0823. The minimum atomic E-state index is -3.46. The van der Waals surface area contributed by atoms with Crippen molar-refractivity contribution in [2.24, 2.45) is 5.92 Å². The van der Waals surface area contributed by atoms with E-state index >= 15 is 17.6 Å². The Balaban J connectivity index is 1.41. The molecular weight excluding hydrogens is 513 g/mol. The number of halogens is 5. The molecule has 39 heavy (non-hydrogen) atoms. The van der Waals surface area contributed by atoms with E-state index in [-0.39, 0.29) is 60.6 Å². The molecule has 3 unspecified atom stereocenters. The fourth-order valence-electron chi connectivity index (χ4n) is 5.65. The maximum absolute atomic E-state index is 15.4. The highest BCUT2D eigenvalue weighted by Crippen LogP contribution is 2.49. The lowest BCUT2D eigenvalue weighted by Gasteiger charge is -2.34. The normalized spacial score (nSPS) is 21.6. The molecule has 0 N–H and O–H groups in total. The van der Waals surface area contributed by atoms with Crippen molar-refractivity contribution in [3.05, 3.63) is 46.9 Å². The van der Waals surface area contributed by atoms with Crippen LogP contribution in [0.5, 0.6) is 5.75 Å². The Morgan fingerprint density at radius 1 is 0.897 bits per heavy atom. The zero-order chi connectivity index (χ0) is 28.0. The monoisotopic (exact) mass is 553 g/mol. The zero-order valence-electron chi connectivity index (χ0n) is 23.0. The average molecular weight is 554 g/mol. The molecule has 8 heteroatoms. The quantitative estimate of drug-likeness (QED) is 0.0954. The summed E-state index contributed by atoms with van der Waals surface area (Å²) in [6.07, 6.45) is 10.8. The fourth-order valence-corrected chi connectivity index (χ4v) is 5.65. The van der Waals surface area contributed by atoms with Gasteiger partial charge in [-0.15, -0.1) is 0 Å². The Hall–Kier alpha value is -2.22. The molecule has 2 heterocycles. The maximum Gasteiger partial charge on any atom is 0.279 e. The Labute approximate surface area is 228 Å². The third-order valence-electron chi connectivity index (χ3n) is 8.08. The van der Waals surface area contributed by atoms with E-state index < -0.39 is 35.0 Å². The Bertz CT molecular complexity index is 1110. The second-order valence-corrected chi connectivity index (χ2v) is 11.0. The van der Waals surface area contributed by atoms with Crippen LogP contribution in [0.1, 0.15) is 102 Å². The Kier molecular flexibility index (Phi) is 10.2. The smallest absolute Gasteiger partial charge is 0.279 e. The van der Waals surface area contributed by atoms with Gasteiger partial charge in [-0.2, -0.15) is 4.39 Å². The van der Waals surface area contributed by atoms with E-state index in [9.17, 15) is 4.39 Å². The lowest BCUT2D eigenvalue weighted by atomic mass is 9.77. The molecule has 0 saturated carbocycles. The van der Waals surface area contributed by atoms with E-state index in [0.29, 0.717) is 6.42 Å². The van der Waals surface area contributed by atoms with E-state index in [1.54, 1.807) is 0 Å². The molecule has 0 radical (unpaired) electrons. The molecule has 1 aromatic heterocycles. The number of fused-ring (bicyclic) bond motifs is 1. The largest absolute Gasteiger partial charge is 0.486 e. The van der Waals surface area contributed by atoms with Gasteiger partial charge >= 0.3 is 0 Å². The number of alkyl halides is 2. The van der Waals surface area contributed by atoms with Gasteiger partial charge in [-0.25, -0.2) is 22.5 Å². The number of hydrogen-bond donors (Lipinski definition) is 0. The van der Waals surface area contributed by atoms with Crippen molar-refractivity contribution >= 4 is 0 Å². The number of ether oxygens (including phenoxy) is 2. The third kappa shape index (κ3) is 7.11. The van der Waals surface area contributed by atoms with Gasteiger partial charge in [0, 0.05) is 11.5 Å². The van der Waals surface area contributed by atoms with Gasteiger partial charge < -0.3 is 9.47 Å². The second kappa shape index (κ2) is 13.4. The van der Waals surface area contributed by atoms with Crippen molar-refractivity contribution in [3.63, 3.8) is 0 Å². The van der Waals surface area contributed by atoms with Crippen LogP contribution in [0.2, 0.25) is 0 Å². The number of rotatable bonds is 15. The van der Waals surface area contributed by atoms with E-state index in [1.807, 2.05) is 0 Å². The van der Waals surface area contributed by atoms with Crippen LogP contribution in [0.25, 0.3) is 11.3 Å². The fraction of sp³-hybridized carbons (Fsp3) is 0.645. The molecule has 1 aromatic carbocycles. The molecule has 216 valence electrons. The van der Waals surface area contributed by atoms with Gasteiger partial charge in [-0.05, 0) is 49.4 Å². The van der Waals surface area contributed by atoms with Gasteiger partial charge in [0.2, 0.25) is 0 Å². The molecule has 0 bridgehead atoms. The maximum atomic E-state index is 15.4. The van der Waals surface area contributed by atoms with Gasteiger partial charge in [-0.3, -0.25) is 0 Å². The third-order valence-corrected chi connectivity index (χ3v) is 8.08. The molecule has 1 aliphatic carbocycles. The summed E-state index contributed by atoms with van der Waals surface area (Å²) >= 11 is 0. The predicted molar refractivity (Wildman–Crippen MR) is 142 cm³/mol. The van der Waals surface area contributed by atoms with Gasteiger partial charge in [0.05, 0.1) is 17.4 Å². The number of aromatic nitrogens is 1. The Morgan fingerprint density at radius 2 is 1.62 bits per heavy atom. The molecule has 1 aliphatic heterocycles. The van der Waals surface area contributed by atoms with Crippen molar-refractivity contribution in [1.82, 2.24) is 4.98 Å². The van der Waals surface area contributed by atoms with Crippen molar-refractivity contribution in [2.75, 3.05) is 6.61 Å². The highest BCUT2D eigenvalue weighted by Gasteiger charge is 2.48. The first-order valence-electron chi connectivity index (χ1n) is 14.6. The average Bonchev–Trinajstić information content (AvgIpc) is 3.67. The molecule has 2 aromatic rings. The van der Waals surface area contributed by atoms with Crippen molar-refractivity contribution < 1.29 is 31.4 Å². The second-order valence-electron chi connectivity index (χ2n) is 11.0. The van der Waals surface area contributed by atoms with Gasteiger partial charge in [0.15, 0.2) is 17.4 Å². The Morgan fingerprint density at radius 3 is 2.33 bits per heavy atom. The summed E-state index contributed by atoms with van der Waals surface area (Å²) < 4.78 is 86.7. The van der Waals surface area contributed by atoms with Crippen LogP contribution in [0, 0.1) is 23.5 Å². The van der Waals surface area contributed by atoms with Gasteiger partial charge in [0.25, 0.3) is 11.9 Å². The van der Waals surface area contributed by atoms with E-state index in [0.717, 1.165) is 51.4 Å². The van der Waals surface area contributed by atoms with Crippen LogP contribution < -0.4 is 4.74 Å². The topological polar surface area (TPSA) is 34.6 Å². The summed E-state index contributed by atoms with van der Waals surface area (Å²) in [5, 5.41) is 0. The standard InChI is InChI=1S/C31H40F5NO2/c1-3-5-7-8-9-10-11-12-21-15-14-20-18-22(28(32)29(33)27(20)31(21,35)36)23-16-17-25(30(34)37-23)38-19-26-24(39-26)13-6-4-2/h16-18,21,24,26H,3-15,19H2,1-2H3. The van der Waals surface area contributed by atoms with Gasteiger partial charge in [0.1, 0.15) is 12.7 Å². The minimum Gasteiger partial charge on any atom is -0.486 e. The van der Waals surface area contributed by atoms with Crippen molar-refractivity contribution in [2.45, 2.75) is 115 Å². The summed E-state index contributed by atoms with van der Waals surface area (Å²) in [7, 11) is 0. The molecule has 1 saturated heterocycles. The van der Waals surface area contributed by atoms with Gasteiger partial charge in [-0.1, -0.05) is 71.6 Å². The molecule has 3 atom stereocenters. The van der Waals surface area contributed by atoms with Crippen LogP contribution in [0.15, 0.2) is 18.2 Å². The zero-order valence-corrected chi connectivity index (χ0v) is 23.0. The van der Waals surface area contributed by atoms with E-state index in [4.69, 9.17) is 9.47 Å². The number of aryl methyl sites for hydroxylation is 1. The van der Waals surface area contributed by atoms with Crippen LogP contribution >= 0.6 is 0 Å². The van der Waals surface area contributed by atoms with Crippen LogP contribution in [-0.2, 0) is 17.1 Å². The highest BCUT2D eigenvalue weighted by molar-refractivity contribution is 5.63. The van der Waals surface area contributed by atoms with E-state index in [2.05, 4.69) is 18.8 Å². The van der Waals surface area contributed by atoms with Crippen LogP contribution in [-0.4, -0.2) is 23.8 Å². The number of nitrogens with zero attached hydrogens (tertiary/aromatic N) is 1. The lowest BCUT2D eigenvalue weighted by Crippen LogP contribution is -2.33. The van der Waals surface area contributed by atoms with Crippen LogP contribution in [0.4, 0.5) is 22.0 Å². The number of unbranched alkanes of at least 4 members (excludes halogenated alkanes) is 7. The van der Waals surface area contributed by atoms with Crippen molar-refractivity contribution in [3.8, 4) is 17.0 Å². The first-order chi connectivity index (χ1) is 18.8. The highest BCUT2D eigenvalue weighted by atomic mass is 19.3. The summed E-state index contributed by atoms with van der Waals surface area (Å²) in [6, 6.07) is 3.81. The number of hydrogen-bond acceptors (Lipinski definition) is 3. The minimum absolute atomic E-state index is 0.0521. The first kappa shape index (κ1) is 29.8. The predicted octanol–water partition coefficient (Wildman–Crippen LogP) is 9.30. The molecule has 1 fully saturated rings. The molecule has 3 nitrogen and oxygen atoms in total. The number of pyridine rings is 1. The SMILES string of the molecule is CCCCCCCCCC1CCc2cc(-c3ccc(OCC4OC4CCCC)c(F)n3)c(F)c(F)c2C1(F)F. The molecule has 2 aliphatic rings. The molecular formula is C31H40F5NO2. The molecule has 0 amide bonds. The summed E-state index contributed by atoms with van der Waals surface area (Å²) in [6.45, 7) is 4.40. The number of epoxide rings is 1. The van der Waals surface area contributed by atoms with Crippen molar-refractivity contribution in [1.29, 1.82) is 0 Å². The number of benzene rings is 1. The summed E-state index contributed by atoms with van der Waals surface area (Å²) in [5.74, 6) is -8.59.